The first-order chi connectivity index (χ1) is 14.6. The normalized spacial score (nSPS) is 41.2. The quantitative estimate of drug-likeness (QED) is 0.630. The van der Waals surface area contributed by atoms with Gasteiger partial charge >= 0.3 is 0 Å². The van der Waals surface area contributed by atoms with Gasteiger partial charge in [-0.15, -0.1) is 0 Å². The van der Waals surface area contributed by atoms with Crippen LogP contribution in [0.4, 0.5) is 0 Å². The SMILES string of the molecule is CC(C)CCCC(C)C1CCC2C3NC(=O)CC4=CC(=O)NCCC4(C)C3CCC12C. The number of hydrogen-bond donors (Lipinski definition) is 2. The summed E-state index contributed by atoms with van der Waals surface area (Å²) < 4.78 is 0. The van der Waals surface area contributed by atoms with Gasteiger partial charge in [-0.3, -0.25) is 9.59 Å². The van der Waals surface area contributed by atoms with Crippen LogP contribution >= 0.6 is 0 Å². The minimum Gasteiger partial charge on any atom is -0.353 e. The molecule has 0 aromatic heterocycles. The largest absolute Gasteiger partial charge is 0.353 e. The second-order valence-corrected chi connectivity index (χ2v) is 12.1. The van der Waals surface area contributed by atoms with E-state index in [2.05, 4.69) is 45.3 Å². The molecule has 174 valence electrons. The topological polar surface area (TPSA) is 58.2 Å². The van der Waals surface area contributed by atoms with Crippen molar-refractivity contribution in [1.29, 1.82) is 0 Å². The maximum atomic E-state index is 13.0. The average Bonchev–Trinajstić information content (AvgIpc) is 2.91. The molecule has 31 heavy (non-hydrogen) atoms. The fourth-order valence-corrected chi connectivity index (χ4v) is 8.15. The average molecular weight is 429 g/mol. The van der Waals surface area contributed by atoms with Gasteiger partial charge < -0.3 is 10.6 Å². The summed E-state index contributed by atoms with van der Waals surface area (Å²) in [6.45, 7) is 12.7. The molecule has 2 N–H and O–H groups in total. The van der Waals surface area contributed by atoms with Crippen LogP contribution in [0.1, 0.15) is 92.4 Å². The summed E-state index contributed by atoms with van der Waals surface area (Å²) in [4.78, 5) is 25.2. The second-order valence-electron chi connectivity index (χ2n) is 12.1. The Bertz CT molecular complexity index is 744. The third kappa shape index (κ3) is 4.09. The Labute approximate surface area is 189 Å². The Morgan fingerprint density at radius 1 is 1.03 bits per heavy atom. The molecule has 3 fully saturated rings. The smallest absolute Gasteiger partial charge is 0.243 e. The highest BCUT2D eigenvalue weighted by Gasteiger charge is 2.59. The van der Waals surface area contributed by atoms with Crippen LogP contribution in [0, 0.1) is 40.4 Å². The van der Waals surface area contributed by atoms with Gasteiger partial charge in [-0.2, -0.15) is 0 Å². The highest BCUT2D eigenvalue weighted by atomic mass is 16.2. The van der Waals surface area contributed by atoms with Crippen molar-refractivity contribution in [3.63, 3.8) is 0 Å². The lowest BCUT2D eigenvalue weighted by Gasteiger charge is -2.53. The third-order valence-electron chi connectivity index (χ3n) is 9.95. The molecule has 0 aromatic carbocycles. The Hall–Kier alpha value is -1.32. The van der Waals surface area contributed by atoms with Gasteiger partial charge in [0, 0.05) is 25.1 Å². The van der Waals surface area contributed by atoms with Gasteiger partial charge in [-0.25, -0.2) is 0 Å². The van der Waals surface area contributed by atoms with E-state index < -0.39 is 0 Å². The van der Waals surface area contributed by atoms with Gasteiger partial charge in [0.2, 0.25) is 11.8 Å². The summed E-state index contributed by atoms with van der Waals surface area (Å²) in [5.41, 5.74) is 1.33. The Balaban J connectivity index is 1.58. The van der Waals surface area contributed by atoms with Crippen LogP contribution in [0.25, 0.3) is 0 Å². The number of nitrogens with one attached hydrogen (secondary N) is 2. The summed E-state index contributed by atoms with van der Waals surface area (Å²) in [6, 6.07) is 0.253. The van der Waals surface area contributed by atoms with Crippen LogP contribution in [0.15, 0.2) is 11.6 Å². The Kier molecular flexibility index (Phi) is 6.31. The van der Waals surface area contributed by atoms with Crippen molar-refractivity contribution >= 4 is 11.8 Å². The number of rotatable bonds is 5. The fraction of sp³-hybridized carbons (Fsp3) is 0.852. The summed E-state index contributed by atoms with van der Waals surface area (Å²) in [5, 5.41) is 6.51. The fourth-order valence-electron chi connectivity index (χ4n) is 8.15. The van der Waals surface area contributed by atoms with E-state index in [9.17, 15) is 9.59 Å². The molecule has 0 bridgehead atoms. The van der Waals surface area contributed by atoms with Crippen LogP contribution in [0.5, 0.6) is 0 Å². The summed E-state index contributed by atoms with van der Waals surface area (Å²) >= 11 is 0. The van der Waals surface area contributed by atoms with Crippen molar-refractivity contribution in [2.45, 2.75) is 98.4 Å². The van der Waals surface area contributed by atoms with Crippen LogP contribution in [0.3, 0.4) is 0 Å². The lowest BCUT2D eigenvalue weighted by atomic mass is 9.53. The van der Waals surface area contributed by atoms with Crippen molar-refractivity contribution in [1.82, 2.24) is 10.6 Å². The first-order valence-corrected chi connectivity index (χ1v) is 12.9. The number of amides is 2. The van der Waals surface area contributed by atoms with Gasteiger partial charge in [0.15, 0.2) is 0 Å². The Morgan fingerprint density at radius 2 is 1.81 bits per heavy atom. The Morgan fingerprint density at radius 3 is 2.55 bits per heavy atom. The molecule has 2 saturated carbocycles. The monoisotopic (exact) mass is 428 g/mol. The minimum atomic E-state index is -0.0642. The standard InChI is InChI=1S/C27H44N2O2/c1-17(2)7-6-8-18(3)20-9-10-21-25-22(11-12-27(20,21)5)26(4)13-14-28-23(30)15-19(26)16-24(31)29-25/h15,17-18,20-22,25H,6-14,16H2,1-5H3,(H,28,30)(H,29,31). The molecule has 4 aliphatic rings. The van der Waals surface area contributed by atoms with Crippen LogP contribution in [-0.4, -0.2) is 24.4 Å². The van der Waals surface area contributed by atoms with Gasteiger partial charge in [0.1, 0.15) is 0 Å². The molecule has 7 unspecified atom stereocenters. The molecule has 2 aliphatic heterocycles. The zero-order valence-corrected chi connectivity index (χ0v) is 20.4. The molecule has 4 nitrogen and oxygen atoms in total. The van der Waals surface area contributed by atoms with Crippen molar-refractivity contribution in [3.8, 4) is 0 Å². The van der Waals surface area contributed by atoms with E-state index in [-0.39, 0.29) is 23.3 Å². The summed E-state index contributed by atoms with van der Waals surface area (Å²) in [7, 11) is 0. The van der Waals surface area contributed by atoms with E-state index in [1.807, 2.05) is 0 Å². The molecule has 0 aromatic rings. The van der Waals surface area contributed by atoms with E-state index in [1.54, 1.807) is 6.08 Å². The number of carbonyl (C=O) groups excluding carboxylic acids is 2. The summed E-state index contributed by atoms with van der Waals surface area (Å²) in [6.07, 6.45) is 12.1. The van der Waals surface area contributed by atoms with Crippen LogP contribution < -0.4 is 10.6 Å². The molecule has 4 heteroatoms. The molecular formula is C27H44N2O2. The highest BCUT2D eigenvalue weighted by molar-refractivity contribution is 5.91. The predicted molar refractivity (Wildman–Crippen MR) is 125 cm³/mol. The number of fused-ring (bicyclic) bond motifs is 5. The van der Waals surface area contributed by atoms with Crippen LogP contribution in [0.2, 0.25) is 0 Å². The molecule has 0 spiro atoms. The lowest BCUT2D eigenvalue weighted by Crippen LogP contribution is -2.56. The van der Waals surface area contributed by atoms with Gasteiger partial charge in [-0.1, -0.05) is 53.9 Å². The van der Waals surface area contributed by atoms with Crippen LogP contribution in [-0.2, 0) is 9.59 Å². The maximum absolute atomic E-state index is 13.0. The zero-order valence-electron chi connectivity index (χ0n) is 20.4. The third-order valence-corrected chi connectivity index (χ3v) is 9.95. The van der Waals surface area contributed by atoms with Gasteiger partial charge in [-0.05, 0) is 78.1 Å². The molecule has 2 aliphatic carbocycles. The van der Waals surface area contributed by atoms with E-state index >= 15 is 0 Å². The van der Waals surface area contributed by atoms with Gasteiger partial charge in [0.05, 0.1) is 0 Å². The highest BCUT2D eigenvalue weighted by Crippen LogP contribution is 2.63. The molecule has 2 heterocycles. The lowest BCUT2D eigenvalue weighted by molar-refractivity contribution is -0.122. The van der Waals surface area contributed by atoms with E-state index in [1.165, 1.54) is 38.5 Å². The first-order valence-electron chi connectivity index (χ1n) is 12.9. The molecule has 2 amide bonds. The van der Waals surface area contributed by atoms with E-state index in [4.69, 9.17) is 0 Å². The van der Waals surface area contributed by atoms with E-state index in [0.29, 0.717) is 30.2 Å². The van der Waals surface area contributed by atoms with Crippen molar-refractivity contribution in [2.75, 3.05) is 6.54 Å². The van der Waals surface area contributed by atoms with E-state index in [0.717, 1.165) is 36.2 Å². The minimum absolute atomic E-state index is 0.0261. The van der Waals surface area contributed by atoms with Crippen molar-refractivity contribution in [3.05, 3.63) is 11.6 Å². The summed E-state index contributed by atoms with van der Waals surface area (Å²) in [5.74, 6) is 3.42. The second kappa shape index (κ2) is 8.56. The first kappa shape index (κ1) is 22.9. The molecular weight excluding hydrogens is 384 g/mol. The maximum Gasteiger partial charge on any atom is 0.243 e. The molecule has 1 saturated heterocycles. The number of hydrogen-bond acceptors (Lipinski definition) is 2. The zero-order chi connectivity index (χ0) is 22.4. The number of carbonyl (C=O) groups is 2. The van der Waals surface area contributed by atoms with Gasteiger partial charge in [0.25, 0.3) is 0 Å². The van der Waals surface area contributed by atoms with Crippen molar-refractivity contribution < 1.29 is 9.59 Å². The molecule has 4 rings (SSSR count). The molecule has 7 atom stereocenters. The molecule has 0 radical (unpaired) electrons. The predicted octanol–water partition coefficient (Wildman–Crippen LogP) is 5.23. The van der Waals surface area contributed by atoms with Crippen molar-refractivity contribution in [2.24, 2.45) is 40.4 Å².